The molecule has 0 unspecified atom stereocenters. The molecule has 1 amide bonds. The van der Waals surface area contributed by atoms with Crippen molar-refractivity contribution in [3.63, 3.8) is 0 Å². The standard InChI is InChI=1S/C37H38N2O3S/c1-24-25(2)39(34-20-17-29(21-33(24)34)35(40)38-22-26-13-18-30(43-6)19-14-26)23-27-11-15-28(16-12-27)31-9-7-8-10-32(31)36(41)42-37(3,4)5/h7-21H,22-23H2,1-6H3,(H,38,40). The summed E-state index contributed by atoms with van der Waals surface area (Å²) < 4.78 is 7.94. The number of thioether (sulfide) groups is 1. The van der Waals surface area contributed by atoms with E-state index < -0.39 is 5.60 Å². The summed E-state index contributed by atoms with van der Waals surface area (Å²) in [7, 11) is 0. The van der Waals surface area contributed by atoms with Crippen LogP contribution in [0.25, 0.3) is 22.0 Å². The molecule has 1 N–H and O–H groups in total. The van der Waals surface area contributed by atoms with Gasteiger partial charge in [-0.25, -0.2) is 4.79 Å². The molecule has 43 heavy (non-hydrogen) atoms. The molecule has 0 aliphatic heterocycles. The van der Waals surface area contributed by atoms with E-state index in [1.165, 1.54) is 16.2 Å². The molecule has 0 spiro atoms. The van der Waals surface area contributed by atoms with Crippen LogP contribution in [0.15, 0.2) is 95.9 Å². The summed E-state index contributed by atoms with van der Waals surface area (Å²) >= 11 is 1.70. The van der Waals surface area contributed by atoms with Crippen molar-refractivity contribution in [2.45, 2.75) is 58.2 Å². The van der Waals surface area contributed by atoms with Gasteiger partial charge < -0.3 is 14.6 Å². The maximum atomic E-state index is 13.0. The first-order chi connectivity index (χ1) is 20.5. The smallest absolute Gasteiger partial charge is 0.339 e. The first-order valence-corrected chi connectivity index (χ1v) is 15.7. The minimum atomic E-state index is -0.561. The van der Waals surface area contributed by atoms with E-state index in [4.69, 9.17) is 4.74 Å². The summed E-state index contributed by atoms with van der Waals surface area (Å²) in [6.45, 7) is 11.0. The molecule has 0 fully saturated rings. The quantitative estimate of drug-likeness (QED) is 0.145. The molecule has 4 aromatic carbocycles. The second kappa shape index (κ2) is 12.5. The van der Waals surface area contributed by atoms with Crippen LogP contribution in [0.4, 0.5) is 0 Å². The molecular formula is C37H38N2O3S. The molecular weight excluding hydrogens is 552 g/mol. The molecule has 0 radical (unpaired) electrons. The molecule has 1 aromatic heterocycles. The Labute approximate surface area is 258 Å². The Morgan fingerprint density at radius 3 is 2.21 bits per heavy atom. The normalized spacial score (nSPS) is 11.5. The minimum absolute atomic E-state index is 0.0807. The fourth-order valence-electron chi connectivity index (χ4n) is 5.24. The van der Waals surface area contributed by atoms with Gasteiger partial charge in [0.15, 0.2) is 0 Å². The van der Waals surface area contributed by atoms with E-state index in [2.05, 4.69) is 78.5 Å². The second-order valence-electron chi connectivity index (χ2n) is 11.8. The number of aryl methyl sites for hydroxylation is 1. The van der Waals surface area contributed by atoms with Crippen molar-refractivity contribution in [2.75, 3.05) is 6.26 Å². The topological polar surface area (TPSA) is 60.3 Å². The predicted octanol–water partition coefficient (Wildman–Crippen LogP) is 8.58. The van der Waals surface area contributed by atoms with Gasteiger partial charge in [-0.3, -0.25) is 4.79 Å². The van der Waals surface area contributed by atoms with E-state index in [0.29, 0.717) is 24.2 Å². The zero-order chi connectivity index (χ0) is 30.7. The van der Waals surface area contributed by atoms with Crippen molar-refractivity contribution < 1.29 is 14.3 Å². The molecule has 5 nitrogen and oxygen atoms in total. The van der Waals surface area contributed by atoms with Crippen molar-refractivity contribution in [1.82, 2.24) is 9.88 Å². The lowest BCUT2D eigenvalue weighted by Gasteiger charge is -2.20. The van der Waals surface area contributed by atoms with E-state index >= 15 is 0 Å². The van der Waals surface area contributed by atoms with Crippen LogP contribution < -0.4 is 5.32 Å². The Morgan fingerprint density at radius 2 is 1.53 bits per heavy atom. The SMILES string of the molecule is CSc1ccc(CNC(=O)c2ccc3c(c2)c(C)c(C)n3Cc2ccc(-c3ccccc3C(=O)OC(C)(C)C)cc2)cc1. The molecule has 0 aliphatic rings. The highest BCUT2D eigenvalue weighted by atomic mass is 32.2. The minimum Gasteiger partial charge on any atom is -0.456 e. The number of carbonyl (C=O) groups is 2. The van der Waals surface area contributed by atoms with E-state index in [9.17, 15) is 9.59 Å². The highest BCUT2D eigenvalue weighted by molar-refractivity contribution is 7.98. The van der Waals surface area contributed by atoms with Gasteiger partial charge in [0.1, 0.15) is 5.60 Å². The summed E-state index contributed by atoms with van der Waals surface area (Å²) in [5.74, 6) is -0.405. The molecule has 6 heteroatoms. The summed E-state index contributed by atoms with van der Waals surface area (Å²) in [6, 6.07) is 30.1. The molecule has 0 saturated heterocycles. The van der Waals surface area contributed by atoms with Gasteiger partial charge in [0.2, 0.25) is 0 Å². The average Bonchev–Trinajstić information content (AvgIpc) is 3.23. The van der Waals surface area contributed by atoms with Gasteiger partial charge in [0.25, 0.3) is 5.91 Å². The third-order valence-corrected chi connectivity index (χ3v) is 8.41. The number of hydrogen-bond donors (Lipinski definition) is 1. The summed E-state index contributed by atoms with van der Waals surface area (Å²) in [5, 5.41) is 4.14. The van der Waals surface area contributed by atoms with Crippen LogP contribution in [0, 0.1) is 13.8 Å². The largest absolute Gasteiger partial charge is 0.456 e. The highest BCUT2D eigenvalue weighted by Crippen LogP contribution is 2.29. The molecule has 0 saturated carbocycles. The second-order valence-corrected chi connectivity index (χ2v) is 12.7. The molecule has 5 aromatic rings. The monoisotopic (exact) mass is 590 g/mol. The Morgan fingerprint density at radius 1 is 0.860 bits per heavy atom. The number of nitrogens with one attached hydrogen (secondary N) is 1. The van der Waals surface area contributed by atoms with Crippen LogP contribution in [0.2, 0.25) is 0 Å². The van der Waals surface area contributed by atoms with Gasteiger partial charge in [-0.15, -0.1) is 11.8 Å². The summed E-state index contributed by atoms with van der Waals surface area (Å²) in [6.07, 6.45) is 2.05. The van der Waals surface area contributed by atoms with Crippen molar-refractivity contribution >= 4 is 34.5 Å². The third-order valence-electron chi connectivity index (χ3n) is 7.66. The summed E-state index contributed by atoms with van der Waals surface area (Å²) in [4.78, 5) is 27.1. The van der Waals surface area contributed by atoms with Crippen LogP contribution in [-0.4, -0.2) is 28.3 Å². The summed E-state index contributed by atoms with van der Waals surface area (Å²) in [5.41, 5.74) is 8.12. The van der Waals surface area contributed by atoms with Crippen LogP contribution in [-0.2, 0) is 17.8 Å². The molecule has 0 atom stereocenters. The van der Waals surface area contributed by atoms with Gasteiger partial charge >= 0.3 is 5.97 Å². The number of ether oxygens (including phenoxy) is 1. The maximum Gasteiger partial charge on any atom is 0.339 e. The lowest BCUT2D eigenvalue weighted by atomic mass is 9.98. The van der Waals surface area contributed by atoms with E-state index in [1.807, 2.05) is 63.2 Å². The fraction of sp³-hybridized carbons (Fsp3) is 0.243. The van der Waals surface area contributed by atoms with Gasteiger partial charge in [0, 0.05) is 40.1 Å². The molecule has 220 valence electrons. The van der Waals surface area contributed by atoms with Gasteiger partial charge in [-0.2, -0.15) is 0 Å². The van der Waals surface area contributed by atoms with Gasteiger partial charge in [-0.1, -0.05) is 54.6 Å². The molecule has 0 bridgehead atoms. The predicted molar refractivity (Wildman–Crippen MR) is 177 cm³/mol. The van der Waals surface area contributed by atoms with E-state index in [1.54, 1.807) is 11.8 Å². The number of aromatic nitrogens is 1. The Bertz CT molecular complexity index is 1780. The number of esters is 1. The van der Waals surface area contributed by atoms with Crippen LogP contribution in [0.1, 0.15) is 63.9 Å². The van der Waals surface area contributed by atoms with E-state index in [0.717, 1.165) is 33.2 Å². The van der Waals surface area contributed by atoms with Gasteiger partial charge in [-0.05, 0) is 105 Å². The molecule has 0 aliphatic carbocycles. The fourth-order valence-corrected chi connectivity index (χ4v) is 5.65. The van der Waals surface area contributed by atoms with Crippen molar-refractivity contribution in [3.8, 4) is 11.1 Å². The number of rotatable bonds is 8. The van der Waals surface area contributed by atoms with Crippen LogP contribution in [0.5, 0.6) is 0 Å². The lowest BCUT2D eigenvalue weighted by molar-refractivity contribution is 0.00703. The number of nitrogens with zero attached hydrogens (tertiary/aromatic N) is 1. The first kappa shape index (κ1) is 30.2. The van der Waals surface area contributed by atoms with Crippen molar-refractivity contribution in [2.24, 2.45) is 0 Å². The van der Waals surface area contributed by atoms with E-state index in [-0.39, 0.29) is 11.9 Å². The van der Waals surface area contributed by atoms with Crippen LogP contribution in [0.3, 0.4) is 0 Å². The lowest BCUT2D eigenvalue weighted by Crippen LogP contribution is -2.24. The molecule has 5 rings (SSSR count). The Hall–Kier alpha value is -4.29. The average molecular weight is 591 g/mol. The molecule has 1 heterocycles. The third kappa shape index (κ3) is 6.86. The zero-order valence-electron chi connectivity index (χ0n) is 25.7. The number of hydrogen-bond acceptors (Lipinski definition) is 4. The number of carbonyl (C=O) groups excluding carboxylic acids is 2. The Kier molecular flexibility index (Phi) is 8.79. The zero-order valence-corrected chi connectivity index (χ0v) is 26.5. The van der Waals surface area contributed by atoms with Crippen molar-refractivity contribution in [3.05, 3.63) is 125 Å². The Balaban J connectivity index is 1.34. The maximum absolute atomic E-state index is 13.0. The number of amides is 1. The van der Waals surface area contributed by atoms with Gasteiger partial charge in [0.05, 0.1) is 5.56 Å². The first-order valence-electron chi connectivity index (χ1n) is 14.5. The number of fused-ring (bicyclic) bond motifs is 1. The number of benzene rings is 4. The van der Waals surface area contributed by atoms with Crippen LogP contribution >= 0.6 is 11.8 Å². The highest BCUT2D eigenvalue weighted by Gasteiger charge is 2.21. The van der Waals surface area contributed by atoms with Crippen molar-refractivity contribution in [1.29, 1.82) is 0 Å².